The van der Waals surface area contributed by atoms with Gasteiger partial charge in [-0.3, -0.25) is 9.59 Å². The number of ether oxygens (including phenoxy) is 2. The molecule has 8 nitrogen and oxygen atoms in total. The van der Waals surface area contributed by atoms with Gasteiger partial charge in [0.1, 0.15) is 5.60 Å². The van der Waals surface area contributed by atoms with Crippen LogP contribution in [0, 0.1) is 11.3 Å². The molecule has 1 rings (SSSR count). The smallest absolute Gasteiger partial charge is 0.407 e. The van der Waals surface area contributed by atoms with Crippen molar-refractivity contribution in [1.82, 2.24) is 5.32 Å². The predicted molar refractivity (Wildman–Crippen MR) is 94.2 cm³/mol. The van der Waals surface area contributed by atoms with Gasteiger partial charge in [-0.2, -0.15) is 5.26 Å². The third-order valence-electron chi connectivity index (χ3n) is 2.96. The summed E-state index contributed by atoms with van der Waals surface area (Å²) in [6, 6.07) is 8.26. The van der Waals surface area contributed by atoms with Crippen LogP contribution >= 0.6 is 0 Å². The van der Waals surface area contributed by atoms with Crippen molar-refractivity contribution in [2.45, 2.75) is 45.8 Å². The van der Waals surface area contributed by atoms with Crippen molar-refractivity contribution in [2.24, 2.45) is 0 Å². The van der Waals surface area contributed by atoms with Crippen LogP contribution in [0.2, 0.25) is 0 Å². The molecule has 0 bridgehead atoms. The number of esters is 1. The number of alkyl carbamates (subject to hydrolysis) is 1. The highest BCUT2D eigenvalue weighted by molar-refractivity contribution is 5.95. The monoisotopic (exact) mass is 361 g/mol. The van der Waals surface area contributed by atoms with Crippen molar-refractivity contribution in [3.8, 4) is 6.07 Å². The third kappa shape index (κ3) is 8.15. The zero-order valence-electron chi connectivity index (χ0n) is 15.3. The summed E-state index contributed by atoms with van der Waals surface area (Å²) in [6.45, 7) is 6.68. The lowest BCUT2D eigenvalue weighted by molar-refractivity contribution is -0.153. The number of nitriles is 1. The lowest BCUT2D eigenvalue weighted by Gasteiger charge is -2.19. The fraction of sp³-hybridized carbons (Fsp3) is 0.444. The number of anilines is 1. The molecule has 0 fully saturated rings. The van der Waals surface area contributed by atoms with Crippen molar-refractivity contribution in [3.05, 3.63) is 29.8 Å². The van der Waals surface area contributed by atoms with Gasteiger partial charge in [0.25, 0.3) is 5.91 Å². The Bertz CT molecular complexity index is 686. The van der Waals surface area contributed by atoms with E-state index in [2.05, 4.69) is 10.6 Å². The number of carbonyl (C=O) groups excluding carboxylic acids is 3. The summed E-state index contributed by atoms with van der Waals surface area (Å²) in [7, 11) is 0. The van der Waals surface area contributed by atoms with Crippen molar-refractivity contribution in [2.75, 3.05) is 11.9 Å². The summed E-state index contributed by atoms with van der Waals surface area (Å²) in [5, 5.41) is 13.7. The molecule has 0 aliphatic heterocycles. The Hall–Kier alpha value is -3.08. The second-order valence-corrected chi connectivity index (χ2v) is 6.49. The molecule has 0 saturated carbocycles. The maximum Gasteiger partial charge on any atom is 0.407 e. The van der Waals surface area contributed by atoms with E-state index in [1.165, 1.54) is 6.92 Å². The average Bonchev–Trinajstić information content (AvgIpc) is 2.53. The van der Waals surface area contributed by atoms with Gasteiger partial charge in [-0.15, -0.1) is 0 Å². The standard InChI is InChI=1S/C18H23N3O5/c1-12(16(23)21-14-7-5-13(11-19)6-8-14)25-15(22)9-10-20-17(24)26-18(2,3)4/h5-8,12H,9-10H2,1-4H3,(H,20,24)(H,21,23)/t12-/m1/s1. The summed E-state index contributed by atoms with van der Waals surface area (Å²) in [6.07, 6.45) is -1.72. The largest absolute Gasteiger partial charge is 0.452 e. The number of hydrogen-bond acceptors (Lipinski definition) is 6. The van der Waals surface area contributed by atoms with E-state index in [-0.39, 0.29) is 13.0 Å². The summed E-state index contributed by atoms with van der Waals surface area (Å²) in [5.74, 6) is -1.12. The second kappa shape index (κ2) is 9.42. The molecule has 0 radical (unpaired) electrons. The molecular weight excluding hydrogens is 338 g/mol. The van der Waals surface area contributed by atoms with Gasteiger partial charge in [0.2, 0.25) is 0 Å². The molecule has 0 aliphatic carbocycles. The molecule has 2 N–H and O–H groups in total. The Morgan fingerprint density at radius 1 is 1.19 bits per heavy atom. The molecule has 0 aromatic heterocycles. The van der Waals surface area contributed by atoms with E-state index in [1.54, 1.807) is 45.0 Å². The minimum atomic E-state index is -1.00. The van der Waals surface area contributed by atoms with Gasteiger partial charge in [0.05, 0.1) is 18.1 Å². The zero-order valence-corrected chi connectivity index (χ0v) is 15.3. The molecule has 1 atom stereocenters. The normalized spacial score (nSPS) is 11.7. The van der Waals surface area contributed by atoms with Crippen LogP contribution in [0.5, 0.6) is 0 Å². The summed E-state index contributed by atoms with van der Waals surface area (Å²) in [4.78, 5) is 35.2. The lowest BCUT2D eigenvalue weighted by Crippen LogP contribution is -2.35. The van der Waals surface area contributed by atoms with Crippen molar-refractivity contribution < 1.29 is 23.9 Å². The molecule has 0 saturated heterocycles. The molecular formula is C18H23N3O5. The van der Waals surface area contributed by atoms with Crippen molar-refractivity contribution in [3.63, 3.8) is 0 Å². The zero-order chi connectivity index (χ0) is 19.7. The highest BCUT2D eigenvalue weighted by atomic mass is 16.6. The fourth-order valence-corrected chi connectivity index (χ4v) is 1.76. The highest BCUT2D eigenvalue weighted by Crippen LogP contribution is 2.10. The summed E-state index contributed by atoms with van der Waals surface area (Å²) >= 11 is 0. The maximum absolute atomic E-state index is 12.0. The van der Waals surface area contributed by atoms with Crippen LogP contribution in [-0.4, -0.2) is 36.2 Å². The molecule has 1 aromatic carbocycles. The second-order valence-electron chi connectivity index (χ2n) is 6.49. The lowest BCUT2D eigenvalue weighted by atomic mass is 10.2. The van der Waals surface area contributed by atoms with E-state index in [4.69, 9.17) is 14.7 Å². The maximum atomic E-state index is 12.0. The van der Waals surface area contributed by atoms with E-state index in [0.717, 1.165) is 0 Å². The van der Waals surface area contributed by atoms with Crippen LogP contribution in [0.4, 0.5) is 10.5 Å². The Morgan fingerprint density at radius 3 is 2.35 bits per heavy atom. The molecule has 0 aliphatic rings. The SMILES string of the molecule is C[C@@H](OC(=O)CCNC(=O)OC(C)(C)C)C(=O)Nc1ccc(C#N)cc1. The quantitative estimate of drug-likeness (QED) is 0.751. The van der Waals surface area contributed by atoms with Gasteiger partial charge in [0, 0.05) is 12.2 Å². The first-order valence-electron chi connectivity index (χ1n) is 8.08. The van der Waals surface area contributed by atoms with E-state index >= 15 is 0 Å². The van der Waals surface area contributed by atoms with Crippen LogP contribution < -0.4 is 10.6 Å². The summed E-state index contributed by atoms with van der Waals surface area (Å²) in [5.41, 5.74) is 0.339. The highest BCUT2D eigenvalue weighted by Gasteiger charge is 2.19. The number of carbonyl (C=O) groups is 3. The van der Waals surface area contributed by atoms with Gasteiger partial charge >= 0.3 is 12.1 Å². The van der Waals surface area contributed by atoms with E-state index in [1.807, 2.05) is 6.07 Å². The van der Waals surface area contributed by atoms with Crippen LogP contribution in [0.25, 0.3) is 0 Å². The van der Waals surface area contributed by atoms with Gasteiger partial charge < -0.3 is 20.1 Å². The third-order valence-corrected chi connectivity index (χ3v) is 2.96. The van der Waals surface area contributed by atoms with E-state index < -0.39 is 29.7 Å². The molecule has 0 unspecified atom stereocenters. The van der Waals surface area contributed by atoms with Crippen LogP contribution in [0.15, 0.2) is 24.3 Å². The fourth-order valence-electron chi connectivity index (χ4n) is 1.76. The van der Waals surface area contributed by atoms with E-state index in [0.29, 0.717) is 11.3 Å². The number of rotatable bonds is 6. The molecule has 8 heteroatoms. The summed E-state index contributed by atoms with van der Waals surface area (Å²) < 4.78 is 10.1. The van der Waals surface area contributed by atoms with Gasteiger partial charge in [0.15, 0.2) is 6.10 Å². The molecule has 0 heterocycles. The first kappa shape index (κ1) is 21.0. The van der Waals surface area contributed by atoms with Crippen LogP contribution in [0.1, 0.15) is 39.7 Å². The molecule has 2 amide bonds. The van der Waals surface area contributed by atoms with E-state index in [9.17, 15) is 14.4 Å². The Labute approximate surface area is 152 Å². The topological polar surface area (TPSA) is 118 Å². The number of hydrogen-bond donors (Lipinski definition) is 2. The van der Waals surface area contributed by atoms with Gasteiger partial charge in [-0.1, -0.05) is 0 Å². The van der Waals surface area contributed by atoms with Crippen molar-refractivity contribution in [1.29, 1.82) is 5.26 Å². The minimum absolute atomic E-state index is 0.0394. The number of nitrogens with zero attached hydrogens (tertiary/aromatic N) is 1. The number of nitrogens with one attached hydrogen (secondary N) is 2. The van der Waals surface area contributed by atoms with Crippen molar-refractivity contribution >= 4 is 23.7 Å². The minimum Gasteiger partial charge on any atom is -0.452 e. The molecule has 140 valence electrons. The average molecular weight is 361 g/mol. The first-order chi connectivity index (χ1) is 12.1. The first-order valence-corrected chi connectivity index (χ1v) is 8.08. The number of benzene rings is 1. The van der Waals surface area contributed by atoms with Crippen LogP contribution in [-0.2, 0) is 19.1 Å². The Morgan fingerprint density at radius 2 is 1.81 bits per heavy atom. The number of amides is 2. The van der Waals surface area contributed by atoms with Gasteiger partial charge in [-0.05, 0) is 52.0 Å². The van der Waals surface area contributed by atoms with Crippen LogP contribution in [0.3, 0.4) is 0 Å². The molecule has 1 aromatic rings. The van der Waals surface area contributed by atoms with Gasteiger partial charge in [-0.25, -0.2) is 4.79 Å². The molecule has 0 spiro atoms. The Balaban J connectivity index is 2.35. The predicted octanol–water partition coefficient (Wildman–Crippen LogP) is 2.34. The molecule has 26 heavy (non-hydrogen) atoms. The Kier molecular flexibility index (Phi) is 7.59.